The van der Waals surface area contributed by atoms with E-state index in [0.29, 0.717) is 22.9 Å². The number of rotatable bonds is 4. The van der Waals surface area contributed by atoms with Crippen LogP contribution in [-0.4, -0.2) is 15.9 Å². The molecule has 0 aliphatic heterocycles. The van der Waals surface area contributed by atoms with Crippen LogP contribution in [0.25, 0.3) is 0 Å². The van der Waals surface area contributed by atoms with Gasteiger partial charge in [0.25, 0.3) is 5.91 Å². The Morgan fingerprint density at radius 1 is 1.04 bits per heavy atom. The molecule has 0 aliphatic carbocycles. The maximum atomic E-state index is 12.5. The number of para-hydroxylation sites is 2. The number of benzene rings is 2. The third-order valence-corrected chi connectivity index (χ3v) is 3.41. The van der Waals surface area contributed by atoms with Crippen LogP contribution < -0.4 is 10.6 Å². The third kappa shape index (κ3) is 3.98. The van der Waals surface area contributed by atoms with Gasteiger partial charge in [-0.05, 0) is 37.3 Å². The van der Waals surface area contributed by atoms with Gasteiger partial charge in [-0.3, -0.25) is 4.79 Å². The van der Waals surface area contributed by atoms with E-state index >= 15 is 0 Å². The maximum absolute atomic E-state index is 12.5. The standard InChI is InChI=1S/C19H15N5O/c1-13-11-17(18(25)23-16-10-6-5-7-14(16)12-20)24-19(21-13)22-15-8-3-2-4-9-15/h2-11H,1H3,(H,23,25)(H,21,22,24). The number of nitrogens with zero attached hydrogens (tertiary/aromatic N) is 3. The second kappa shape index (κ2) is 7.23. The molecule has 122 valence electrons. The van der Waals surface area contributed by atoms with E-state index in [1.54, 1.807) is 37.3 Å². The lowest BCUT2D eigenvalue weighted by atomic mass is 10.2. The Labute approximate surface area is 145 Å². The molecule has 6 nitrogen and oxygen atoms in total. The minimum atomic E-state index is -0.399. The molecule has 6 heteroatoms. The molecular formula is C19H15N5O. The summed E-state index contributed by atoms with van der Waals surface area (Å²) in [5.74, 6) is -0.0609. The number of hydrogen-bond donors (Lipinski definition) is 2. The summed E-state index contributed by atoms with van der Waals surface area (Å²) in [4.78, 5) is 21.1. The summed E-state index contributed by atoms with van der Waals surface area (Å²) in [6, 6.07) is 19.9. The predicted molar refractivity (Wildman–Crippen MR) is 95.6 cm³/mol. The molecule has 3 aromatic rings. The van der Waals surface area contributed by atoms with Crippen molar-refractivity contribution < 1.29 is 4.79 Å². The summed E-state index contributed by atoms with van der Waals surface area (Å²) < 4.78 is 0. The molecule has 2 aromatic carbocycles. The fraction of sp³-hybridized carbons (Fsp3) is 0.0526. The molecule has 1 heterocycles. The number of anilines is 3. The van der Waals surface area contributed by atoms with Crippen LogP contribution in [0.1, 0.15) is 21.7 Å². The van der Waals surface area contributed by atoms with Gasteiger partial charge in [-0.2, -0.15) is 5.26 Å². The lowest BCUT2D eigenvalue weighted by Gasteiger charge is -2.09. The van der Waals surface area contributed by atoms with Crippen LogP contribution in [0.4, 0.5) is 17.3 Å². The summed E-state index contributed by atoms with van der Waals surface area (Å²) in [7, 11) is 0. The number of nitrogens with one attached hydrogen (secondary N) is 2. The van der Waals surface area contributed by atoms with E-state index < -0.39 is 5.91 Å². The number of hydrogen-bond acceptors (Lipinski definition) is 5. The number of nitriles is 1. The normalized spacial score (nSPS) is 9.92. The molecule has 0 atom stereocenters. The van der Waals surface area contributed by atoms with Crippen molar-refractivity contribution in [3.8, 4) is 6.07 Å². The Balaban J connectivity index is 1.84. The Hall–Kier alpha value is -3.72. The first kappa shape index (κ1) is 16.1. The quantitative estimate of drug-likeness (QED) is 0.762. The Morgan fingerprint density at radius 2 is 1.76 bits per heavy atom. The lowest BCUT2D eigenvalue weighted by Crippen LogP contribution is -2.16. The fourth-order valence-corrected chi connectivity index (χ4v) is 2.27. The summed E-state index contributed by atoms with van der Waals surface area (Å²) in [6.45, 7) is 1.79. The monoisotopic (exact) mass is 329 g/mol. The van der Waals surface area contributed by atoms with Crippen molar-refractivity contribution >= 4 is 23.2 Å². The van der Waals surface area contributed by atoms with Gasteiger partial charge in [0.05, 0.1) is 11.3 Å². The zero-order valence-electron chi connectivity index (χ0n) is 13.5. The smallest absolute Gasteiger partial charge is 0.274 e. The average Bonchev–Trinajstić information content (AvgIpc) is 2.62. The van der Waals surface area contributed by atoms with Crippen LogP contribution >= 0.6 is 0 Å². The number of amides is 1. The van der Waals surface area contributed by atoms with E-state index in [0.717, 1.165) is 5.69 Å². The van der Waals surface area contributed by atoms with Crippen LogP contribution in [-0.2, 0) is 0 Å². The number of carbonyl (C=O) groups is 1. The molecule has 3 rings (SSSR count). The molecule has 0 unspecified atom stereocenters. The van der Waals surface area contributed by atoms with Crippen molar-refractivity contribution in [2.45, 2.75) is 6.92 Å². The van der Waals surface area contributed by atoms with Gasteiger partial charge < -0.3 is 10.6 Å². The second-order valence-corrected chi connectivity index (χ2v) is 5.32. The van der Waals surface area contributed by atoms with Gasteiger partial charge in [0.1, 0.15) is 11.8 Å². The van der Waals surface area contributed by atoms with Gasteiger partial charge in [0, 0.05) is 11.4 Å². The number of carbonyl (C=O) groups excluding carboxylic acids is 1. The molecule has 0 aliphatic rings. The minimum Gasteiger partial charge on any atom is -0.324 e. The van der Waals surface area contributed by atoms with E-state index in [2.05, 4.69) is 20.6 Å². The summed E-state index contributed by atoms with van der Waals surface area (Å²) in [5.41, 5.74) is 2.55. The zero-order valence-corrected chi connectivity index (χ0v) is 13.5. The minimum absolute atomic E-state index is 0.221. The van der Waals surface area contributed by atoms with Gasteiger partial charge in [0.15, 0.2) is 0 Å². The molecule has 25 heavy (non-hydrogen) atoms. The van der Waals surface area contributed by atoms with E-state index in [4.69, 9.17) is 5.26 Å². The Kier molecular flexibility index (Phi) is 4.67. The Bertz CT molecular complexity index is 948. The fourth-order valence-electron chi connectivity index (χ4n) is 2.27. The van der Waals surface area contributed by atoms with Crippen molar-refractivity contribution in [1.29, 1.82) is 5.26 Å². The van der Waals surface area contributed by atoms with Crippen LogP contribution in [0.3, 0.4) is 0 Å². The zero-order chi connectivity index (χ0) is 17.6. The number of aromatic nitrogens is 2. The first-order valence-corrected chi connectivity index (χ1v) is 7.64. The average molecular weight is 329 g/mol. The van der Waals surface area contributed by atoms with Crippen LogP contribution in [0.5, 0.6) is 0 Å². The van der Waals surface area contributed by atoms with Crippen molar-refractivity contribution in [2.75, 3.05) is 10.6 Å². The summed E-state index contributed by atoms with van der Waals surface area (Å²) in [6.07, 6.45) is 0. The van der Waals surface area contributed by atoms with Crippen molar-refractivity contribution in [3.05, 3.63) is 77.6 Å². The topological polar surface area (TPSA) is 90.7 Å². The molecule has 0 saturated heterocycles. The van der Waals surface area contributed by atoms with Gasteiger partial charge in [-0.25, -0.2) is 9.97 Å². The van der Waals surface area contributed by atoms with Gasteiger partial charge in [-0.15, -0.1) is 0 Å². The number of aryl methyl sites for hydroxylation is 1. The molecule has 0 bridgehead atoms. The third-order valence-electron chi connectivity index (χ3n) is 3.41. The first-order valence-electron chi connectivity index (χ1n) is 7.64. The maximum Gasteiger partial charge on any atom is 0.274 e. The van der Waals surface area contributed by atoms with Crippen LogP contribution in [0.15, 0.2) is 60.7 Å². The van der Waals surface area contributed by atoms with Gasteiger partial charge in [-0.1, -0.05) is 30.3 Å². The second-order valence-electron chi connectivity index (χ2n) is 5.32. The van der Waals surface area contributed by atoms with E-state index in [1.165, 1.54) is 0 Å². The lowest BCUT2D eigenvalue weighted by molar-refractivity contribution is 0.102. The molecular weight excluding hydrogens is 314 g/mol. The van der Waals surface area contributed by atoms with Gasteiger partial charge in [0.2, 0.25) is 5.95 Å². The molecule has 0 spiro atoms. The summed E-state index contributed by atoms with van der Waals surface area (Å²) >= 11 is 0. The van der Waals surface area contributed by atoms with Gasteiger partial charge >= 0.3 is 0 Å². The van der Waals surface area contributed by atoms with Crippen molar-refractivity contribution in [1.82, 2.24) is 9.97 Å². The summed E-state index contributed by atoms with van der Waals surface area (Å²) in [5, 5.41) is 14.9. The highest BCUT2D eigenvalue weighted by atomic mass is 16.1. The molecule has 1 aromatic heterocycles. The van der Waals surface area contributed by atoms with Crippen molar-refractivity contribution in [3.63, 3.8) is 0 Å². The largest absolute Gasteiger partial charge is 0.324 e. The van der Waals surface area contributed by atoms with E-state index in [-0.39, 0.29) is 5.69 Å². The highest BCUT2D eigenvalue weighted by molar-refractivity contribution is 6.03. The van der Waals surface area contributed by atoms with E-state index in [9.17, 15) is 4.79 Å². The van der Waals surface area contributed by atoms with Crippen molar-refractivity contribution in [2.24, 2.45) is 0 Å². The molecule has 0 fully saturated rings. The SMILES string of the molecule is Cc1cc(C(=O)Nc2ccccc2C#N)nc(Nc2ccccc2)n1. The van der Waals surface area contributed by atoms with Crippen LogP contribution in [0.2, 0.25) is 0 Å². The first-order chi connectivity index (χ1) is 12.2. The van der Waals surface area contributed by atoms with Crippen LogP contribution in [0, 0.1) is 18.3 Å². The van der Waals surface area contributed by atoms with E-state index in [1.807, 2.05) is 36.4 Å². The highest BCUT2D eigenvalue weighted by Gasteiger charge is 2.13. The molecule has 0 saturated carbocycles. The predicted octanol–water partition coefficient (Wildman–Crippen LogP) is 3.65. The Morgan fingerprint density at radius 3 is 2.52 bits per heavy atom. The molecule has 1 amide bonds. The highest BCUT2D eigenvalue weighted by Crippen LogP contribution is 2.16. The molecule has 2 N–H and O–H groups in total. The molecule has 0 radical (unpaired) electrons.